The third kappa shape index (κ3) is 2.93. The third-order valence-electron chi connectivity index (χ3n) is 3.82. The molecule has 5 nitrogen and oxygen atoms in total. The van der Waals surface area contributed by atoms with Gasteiger partial charge in [0.25, 0.3) is 0 Å². The van der Waals surface area contributed by atoms with Crippen molar-refractivity contribution in [2.75, 3.05) is 5.32 Å². The van der Waals surface area contributed by atoms with Crippen LogP contribution in [0.1, 0.15) is 33.1 Å². The van der Waals surface area contributed by atoms with Gasteiger partial charge in [0.2, 0.25) is 0 Å². The predicted octanol–water partition coefficient (Wildman–Crippen LogP) is 4.01. The first-order chi connectivity index (χ1) is 10.8. The van der Waals surface area contributed by atoms with Crippen molar-refractivity contribution in [1.29, 1.82) is 0 Å². The molecule has 2 N–H and O–H groups in total. The monoisotopic (exact) mass is 295 g/mol. The van der Waals surface area contributed by atoms with Gasteiger partial charge in [-0.15, -0.1) is 0 Å². The summed E-state index contributed by atoms with van der Waals surface area (Å²) in [5.41, 5.74) is 3.51. The zero-order valence-corrected chi connectivity index (χ0v) is 13.0. The maximum Gasteiger partial charge on any atom is 0.156 e. The average molecular weight is 295 g/mol. The molecule has 0 aliphatic carbocycles. The topological polar surface area (TPSA) is 66.5 Å². The summed E-state index contributed by atoms with van der Waals surface area (Å²) in [6.07, 6.45) is 8.82. The molecule has 0 saturated heterocycles. The molecule has 3 aromatic rings. The molecule has 0 unspecified atom stereocenters. The summed E-state index contributed by atoms with van der Waals surface area (Å²) in [5.74, 6) is 0.881. The van der Waals surface area contributed by atoms with E-state index in [1.807, 2.05) is 30.6 Å². The van der Waals surface area contributed by atoms with Gasteiger partial charge in [-0.3, -0.25) is 0 Å². The molecule has 0 fully saturated rings. The van der Waals surface area contributed by atoms with Crippen molar-refractivity contribution >= 4 is 17.0 Å². The molecular formula is C17H21N5. The molecule has 114 valence electrons. The van der Waals surface area contributed by atoms with Gasteiger partial charge in [0.05, 0.1) is 11.9 Å². The van der Waals surface area contributed by atoms with Crippen LogP contribution in [-0.2, 0) is 0 Å². The SMILES string of the molecule is CCC[C@@H](CC)Nc1ncccc1-c1cnc2[nH]ccc2n1. The second-order valence-electron chi connectivity index (χ2n) is 5.40. The van der Waals surface area contributed by atoms with Crippen molar-refractivity contribution in [1.82, 2.24) is 19.9 Å². The number of hydrogen-bond donors (Lipinski definition) is 2. The zero-order valence-electron chi connectivity index (χ0n) is 13.0. The molecule has 3 aromatic heterocycles. The highest BCUT2D eigenvalue weighted by Gasteiger charge is 2.12. The van der Waals surface area contributed by atoms with E-state index in [-0.39, 0.29) is 0 Å². The van der Waals surface area contributed by atoms with E-state index in [1.165, 1.54) is 0 Å². The zero-order chi connectivity index (χ0) is 15.4. The summed E-state index contributed by atoms with van der Waals surface area (Å²) in [6, 6.07) is 6.34. The van der Waals surface area contributed by atoms with Gasteiger partial charge in [0, 0.05) is 24.0 Å². The molecular weight excluding hydrogens is 274 g/mol. The summed E-state index contributed by atoms with van der Waals surface area (Å²) in [4.78, 5) is 16.7. The molecule has 0 amide bonds. The summed E-state index contributed by atoms with van der Waals surface area (Å²) in [6.45, 7) is 4.40. The van der Waals surface area contributed by atoms with Gasteiger partial charge in [-0.05, 0) is 31.0 Å². The summed E-state index contributed by atoms with van der Waals surface area (Å²) in [7, 11) is 0. The van der Waals surface area contributed by atoms with Crippen molar-refractivity contribution < 1.29 is 0 Å². The number of nitrogens with one attached hydrogen (secondary N) is 2. The molecule has 0 aliphatic heterocycles. The molecule has 0 saturated carbocycles. The Hall–Kier alpha value is -2.43. The Bertz CT molecular complexity index is 749. The molecule has 0 radical (unpaired) electrons. The van der Waals surface area contributed by atoms with E-state index in [0.29, 0.717) is 6.04 Å². The second-order valence-corrected chi connectivity index (χ2v) is 5.40. The lowest BCUT2D eigenvalue weighted by atomic mass is 10.1. The molecule has 22 heavy (non-hydrogen) atoms. The largest absolute Gasteiger partial charge is 0.367 e. The maximum absolute atomic E-state index is 4.67. The number of anilines is 1. The first-order valence-corrected chi connectivity index (χ1v) is 7.83. The maximum atomic E-state index is 4.67. The first-order valence-electron chi connectivity index (χ1n) is 7.83. The summed E-state index contributed by atoms with van der Waals surface area (Å²) >= 11 is 0. The molecule has 0 aromatic carbocycles. The van der Waals surface area contributed by atoms with Gasteiger partial charge >= 0.3 is 0 Å². The Kier molecular flexibility index (Phi) is 4.32. The number of hydrogen-bond acceptors (Lipinski definition) is 4. The molecule has 0 spiro atoms. The van der Waals surface area contributed by atoms with Crippen LogP contribution in [0.25, 0.3) is 22.4 Å². The van der Waals surface area contributed by atoms with E-state index < -0.39 is 0 Å². The van der Waals surface area contributed by atoms with E-state index in [9.17, 15) is 0 Å². The summed E-state index contributed by atoms with van der Waals surface area (Å²) < 4.78 is 0. The lowest BCUT2D eigenvalue weighted by Gasteiger charge is -2.18. The van der Waals surface area contributed by atoms with Crippen molar-refractivity contribution in [3.05, 3.63) is 36.8 Å². The van der Waals surface area contributed by atoms with Crippen LogP contribution < -0.4 is 5.32 Å². The van der Waals surface area contributed by atoms with Gasteiger partial charge in [-0.25, -0.2) is 15.0 Å². The normalized spacial score (nSPS) is 12.5. The third-order valence-corrected chi connectivity index (χ3v) is 3.82. The molecule has 3 heterocycles. The van der Waals surface area contributed by atoms with Crippen molar-refractivity contribution in [2.45, 2.75) is 39.2 Å². The number of nitrogens with zero attached hydrogens (tertiary/aromatic N) is 3. The van der Waals surface area contributed by atoms with E-state index >= 15 is 0 Å². The summed E-state index contributed by atoms with van der Waals surface area (Å²) in [5, 5.41) is 3.55. The Morgan fingerprint density at radius 1 is 1.23 bits per heavy atom. The number of rotatable bonds is 6. The highest BCUT2D eigenvalue weighted by Crippen LogP contribution is 2.26. The smallest absolute Gasteiger partial charge is 0.156 e. The van der Waals surface area contributed by atoms with Crippen LogP contribution in [-0.4, -0.2) is 26.0 Å². The van der Waals surface area contributed by atoms with Crippen molar-refractivity contribution in [2.24, 2.45) is 0 Å². The van der Waals surface area contributed by atoms with Gasteiger partial charge in [-0.2, -0.15) is 0 Å². The van der Waals surface area contributed by atoms with Crippen LogP contribution in [0.2, 0.25) is 0 Å². The van der Waals surface area contributed by atoms with Crippen LogP contribution in [0.15, 0.2) is 36.8 Å². The van der Waals surface area contributed by atoms with Crippen LogP contribution in [0.4, 0.5) is 5.82 Å². The minimum absolute atomic E-state index is 0.433. The number of pyridine rings is 1. The number of aromatic nitrogens is 4. The number of aromatic amines is 1. The Balaban J connectivity index is 1.96. The van der Waals surface area contributed by atoms with E-state index in [0.717, 1.165) is 47.5 Å². The van der Waals surface area contributed by atoms with E-state index in [2.05, 4.69) is 39.1 Å². The molecule has 1 atom stereocenters. The van der Waals surface area contributed by atoms with Gasteiger partial charge in [0.15, 0.2) is 5.65 Å². The van der Waals surface area contributed by atoms with Crippen LogP contribution >= 0.6 is 0 Å². The van der Waals surface area contributed by atoms with Crippen LogP contribution in [0.3, 0.4) is 0 Å². The standard InChI is InChI=1S/C17H21N5/c1-3-6-12(4-2)21-16-13(7-5-9-18-16)15-11-20-17-14(22-15)8-10-19-17/h5,7-12H,3-4,6H2,1-2H3,(H,18,21)(H,19,20)/t12-/m1/s1. The fraction of sp³-hybridized carbons (Fsp3) is 0.353. The highest BCUT2D eigenvalue weighted by atomic mass is 15.0. The first kappa shape index (κ1) is 14.5. The lowest BCUT2D eigenvalue weighted by molar-refractivity contribution is 0.620. The van der Waals surface area contributed by atoms with E-state index in [4.69, 9.17) is 0 Å². The molecule has 3 rings (SSSR count). The minimum atomic E-state index is 0.433. The van der Waals surface area contributed by atoms with Crippen molar-refractivity contribution in [3.63, 3.8) is 0 Å². The second kappa shape index (κ2) is 6.56. The predicted molar refractivity (Wildman–Crippen MR) is 89.7 cm³/mol. The molecule has 0 aliphatic rings. The van der Waals surface area contributed by atoms with Crippen molar-refractivity contribution in [3.8, 4) is 11.3 Å². The highest BCUT2D eigenvalue weighted by molar-refractivity contribution is 5.78. The average Bonchev–Trinajstić information content (AvgIpc) is 3.02. The van der Waals surface area contributed by atoms with Gasteiger partial charge in [-0.1, -0.05) is 20.3 Å². The Labute approximate surface area is 130 Å². The lowest BCUT2D eigenvalue weighted by Crippen LogP contribution is -2.19. The quantitative estimate of drug-likeness (QED) is 0.721. The fourth-order valence-corrected chi connectivity index (χ4v) is 2.61. The van der Waals surface area contributed by atoms with Crippen LogP contribution in [0, 0.1) is 0 Å². The number of fused-ring (bicyclic) bond motifs is 1. The number of H-pyrrole nitrogens is 1. The van der Waals surface area contributed by atoms with E-state index in [1.54, 1.807) is 6.20 Å². The minimum Gasteiger partial charge on any atom is -0.367 e. The molecule has 5 heteroatoms. The fourth-order valence-electron chi connectivity index (χ4n) is 2.61. The Morgan fingerprint density at radius 2 is 2.14 bits per heavy atom. The van der Waals surface area contributed by atoms with Gasteiger partial charge < -0.3 is 10.3 Å². The molecule has 0 bridgehead atoms. The van der Waals surface area contributed by atoms with Crippen LogP contribution in [0.5, 0.6) is 0 Å². The van der Waals surface area contributed by atoms with Gasteiger partial charge in [0.1, 0.15) is 11.3 Å². The Morgan fingerprint density at radius 3 is 2.95 bits per heavy atom.